The summed E-state index contributed by atoms with van der Waals surface area (Å²) in [7, 11) is -3.79. The summed E-state index contributed by atoms with van der Waals surface area (Å²) < 4.78 is 32.6. The van der Waals surface area contributed by atoms with Gasteiger partial charge < -0.3 is 4.74 Å². The van der Waals surface area contributed by atoms with E-state index in [9.17, 15) is 13.2 Å². The van der Waals surface area contributed by atoms with E-state index in [1.807, 2.05) is 31.2 Å². The quantitative estimate of drug-likeness (QED) is 0.770. The SMILES string of the molecule is CCOC(=O)[C@H]1C[C@@H](c2ccc(C)cc2)N1S(=O)(=O)c1ccccc1. The second kappa shape index (κ2) is 6.98. The lowest BCUT2D eigenvalue weighted by Crippen LogP contribution is -2.57. The van der Waals surface area contributed by atoms with Crippen LogP contribution in [0.1, 0.15) is 30.5 Å². The average molecular weight is 359 g/mol. The normalized spacial score (nSPS) is 20.7. The van der Waals surface area contributed by atoms with Gasteiger partial charge in [0.2, 0.25) is 10.0 Å². The lowest BCUT2D eigenvalue weighted by Gasteiger charge is -2.45. The molecule has 0 saturated carbocycles. The van der Waals surface area contributed by atoms with Crippen LogP contribution in [0.25, 0.3) is 0 Å². The third-order valence-corrected chi connectivity index (χ3v) is 6.33. The Hall–Kier alpha value is -2.18. The summed E-state index contributed by atoms with van der Waals surface area (Å²) in [6, 6.07) is 14.8. The number of nitrogens with zero attached hydrogens (tertiary/aromatic N) is 1. The molecule has 0 spiro atoms. The van der Waals surface area contributed by atoms with E-state index in [1.54, 1.807) is 37.3 Å². The molecule has 0 bridgehead atoms. The van der Waals surface area contributed by atoms with E-state index in [0.717, 1.165) is 11.1 Å². The van der Waals surface area contributed by atoms with Crippen LogP contribution in [-0.2, 0) is 19.6 Å². The van der Waals surface area contributed by atoms with E-state index in [0.29, 0.717) is 6.42 Å². The molecule has 0 unspecified atom stereocenters. The smallest absolute Gasteiger partial charge is 0.324 e. The fourth-order valence-electron chi connectivity index (χ4n) is 3.06. The number of aryl methyl sites for hydroxylation is 1. The molecule has 0 N–H and O–H groups in total. The van der Waals surface area contributed by atoms with Crippen LogP contribution in [0.2, 0.25) is 0 Å². The highest BCUT2D eigenvalue weighted by atomic mass is 32.2. The minimum Gasteiger partial charge on any atom is -0.465 e. The topological polar surface area (TPSA) is 63.7 Å². The van der Waals surface area contributed by atoms with Crippen LogP contribution < -0.4 is 0 Å². The van der Waals surface area contributed by atoms with Crippen LogP contribution >= 0.6 is 0 Å². The Morgan fingerprint density at radius 2 is 1.76 bits per heavy atom. The zero-order valence-corrected chi connectivity index (χ0v) is 15.1. The monoisotopic (exact) mass is 359 g/mol. The van der Waals surface area contributed by atoms with Crippen LogP contribution in [0.3, 0.4) is 0 Å². The van der Waals surface area contributed by atoms with Crippen LogP contribution in [0.5, 0.6) is 0 Å². The zero-order valence-electron chi connectivity index (χ0n) is 14.3. The molecule has 6 heteroatoms. The van der Waals surface area contributed by atoms with Gasteiger partial charge in [-0.25, -0.2) is 8.42 Å². The van der Waals surface area contributed by atoms with Crippen LogP contribution in [-0.4, -0.2) is 31.3 Å². The van der Waals surface area contributed by atoms with Crippen molar-refractivity contribution in [1.82, 2.24) is 4.31 Å². The van der Waals surface area contributed by atoms with Gasteiger partial charge in [0, 0.05) is 0 Å². The molecular formula is C19H21NO4S. The van der Waals surface area contributed by atoms with Crippen molar-refractivity contribution in [3.63, 3.8) is 0 Å². The van der Waals surface area contributed by atoms with Gasteiger partial charge in [0.05, 0.1) is 17.5 Å². The zero-order chi connectivity index (χ0) is 18.0. The van der Waals surface area contributed by atoms with E-state index in [1.165, 1.54) is 4.31 Å². The highest BCUT2D eigenvalue weighted by Crippen LogP contribution is 2.43. The average Bonchev–Trinajstić information content (AvgIpc) is 2.56. The highest BCUT2D eigenvalue weighted by Gasteiger charge is 2.51. The van der Waals surface area contributed by atoms with Gasteiger partial charge in [0.25, 0.3) is 0 Å². The molecule has 2 atom stereocenters. The number of benzene rings is 2. The van der Waals surface area contributed by atoms with Crippen LogP contribution in [0, 0.1) is 6.92 Å². The molecule has 5 nitrogen and oxygen atoms in total. The summed E-state index contributed by atoms with van der Waals surface area (Å²) in [5, 5.41) is 0. The first kappa shape index (κ1) is 17.6. The third-order valence-electron chi connectivity index (χ3n) is 4.40. The summed E-state index contributed by atoms with van der Waals surface area (Å²) >= 11 is 0. The number of hydrogen-bond donors (Lipinski definition) is 0. The highest BCUT2D eigenvalue weighted by molar-refractivity contribution is 7.89. The van der Waals surface area contributed by atoms with Gasteiger partial charge in [-0.1, -0.05) is 48.0 Å². The maximum absolute atomic E-state index is 13.1. The standard InChI is InChI=1S/C19H21NO4S/c1-3-24-19(21)18-13-17(15-11-9-14(2)10-12-15)20(18)25(22,23)16-7-5-4-6-8-16/h4-12,17-18H,3,13H2,1-2H3/t17-,18+/m0/s1. The first-order valence-electron chi connectivity index (χ1n) is 8.27. The summed E-state index contributed by atoms with van der Waals surface area (Å²) in [4.78, 5) is 12.4. The molecule has 3 rings (SSSR count). The molecule has 0 radical (unpaired) electrons. The molecular weight excluding hydrogens is 338 g/mol. The van der Waals surface area contributed by atoms with Gasteiger partial charge >= 0.3 is 5.97 Å². The second-order valence-electron chi connectivity index (χ2n) is 6.08. The van der Waals surface area contributed by atoms with Gasteiger partial charge in [-0.2, -0.15) is 4.31 Å². The summed E-state index contributed by atoms with van der Waals surface area (Å²) in [6.45, 7) is 3.91. The molecule has 2 aromatic carbocycles. The van der Waals surface area contributed by atoms with E-state index >= 15 is 0 Å². The first-order chi connectivity index (χ1) is 11.9. The van der Waals surface area contributed by atoms with Crippen molar-refractivity contribution in [1.29, 1.82) is 0 Å². The number of rotatable bonds is 5. The summed E-state index contributed by atoms with van der Waals surface area (Å²) in [5.41, 5.74) is 1.98. The predicted octanol–water partition coefficient (Wildman–Crippen LogP) is 3.06. The van der Waals surface area contributed by atoms with Gasteiger partial charge in [-0.05, 0) is 38.0 Å². The molecule has 0 amide bonds. The van der Waals surface area contributed by atoms with Gasteiger partial charge in [0.15, 0.2) is 0 Å². The Kier molecular flexibility index (Phi) is 4.92. The van der Waals surface area contributed by atoms with E-state index < -0.39 is 22.0 Å². The summed E-state index contributed by atoms with van der Waals surface area (Å²) in [6.07, 6.45) is 0.425. The maximum atomic E-state index is 13.1. The molecule has 132 valence electrons. The van der Waals surface area contributed by atoms with E-state index in [2.05, 4.69) is 0 Å². The van der Waals surface area contributed by atoms with Gasteiger partial charge in [-0.15, -0.1) is 0 Å². The van der Waals surface area contributed by atoms with Crippen molar-refractivity contribution >= 4 is 16.0 Å². The summed E-state index contributed by atoms with van der Waals surface area (Å²) in [5.74, 6) is -0.495. The van der Waals surface area contributed by atoms with Crippen molar-refractivity contribution in [2.45, 2.75) is 37.2 Å². The number of ether oxygens (including phenoxy) is 1. The molecule has 0 aliphatic carbocycles. The maximum Gasteiger partial charge on any atom is 0.324 e. The number of sulfonamides is 1. The minimum atomic E-state index is -3.79. The third kappa shape index (κ3) is 3.32. The van der Waals surface area contributed by atoms with Gasteiger partial charge in [-0.3, -0.25) is 4.79 Å². The van der Waals surface area contributed by atoms with Crippen molar-refractivity contribution in [3.05, 3.63) is 65.7 Å². The van der Waals surface area contributed by atoms with Crippen molar-refractivity contribution < 1.29 is 17.9 Å². The Morgan fingerprint density at radius 3 is 2.36 bits per heavy atom. The Balaban J connectivity index is 1.98. The van der Waals surface area contributed by atoms with Crippen molar-refractivity contribution in [3.8, 4) is 0 Å². The number of hydrogen-bond acceptors (Lipinski definition) is 4. The molecule has 1 heterocycles. The molecule has 2 aromatic rings. The molecule has 1 saturated heterocycles. The largest absolute Gasteiger partial charge is 0.465 e. The number of esters is 1. The lowest BCUT2D eigenvalue weighted by atomic mass is 9.90. The molecule has 0 aromatic heterocycles. The fraction of sp³-hybridized carbons (Fsp3) is 0.316. The van der Waals surface area contributed by atoms with Crippen LogP contribution in [0.15, 0.2) is 59.5 Å². The predicted molar refractivity (Wildman–Crippen MR) is 94.4 cm³/mol. The molecule has 25 heavy (non-hydrogen) atoms. The lowest BCUT2D eigenvalue weighted by molar-refractivity contribution is -0.153. The molecule has 1 aliphatic heterocycles. The van der Waals surface area contributed by atoms with E-state index in [-0.39, 0.29) is 17.5 Å². The van der Waals surface area contributed by atoms with Crippen LogP contribution in [0.4, 0.5) is 0 Å². The van der Waals surface area contributed by atoms with E-state index in [4.69, 9.17) is 4.74 Å². The number of carbonyl (C=O) groups is 1. The van der Waals surface area contributed by atoms with Crippen molar-refractivity contribution in [2.24, 2.45) is 0 Å². The van der Waals surface area contributed by atoms with Gasteiger partial charge in [0.1, 0.15) is 6.04 Å². The Labute approximate surface area is 148 Å². The number of carbonyl (C=O) groups excluding carboxylic acids is 1. The Bertz CT molecular complexity index is 847. The Morgan fingerprint density at radius 1 is 1.12 bits per heavy atom. The van der Waals surface area contributed by atoms with Crippen molar-refractivity contribution in [2.75, 3.05) is 6.61 Å². The second-order valence-corrected chi connectivity index (χ2v) is 7.92. The molecule has 1 fully saturated rings. The molecule has 1 aliphatic rings. The first-order valence-corrected chi connectivity index (χ1v) is 9.71. The fourth-order valence-corrected chi connectivity index (χ4v) is 4.85. The minimum absolute atomic E-state index is 0.182.